The summed E-state index contributed by atoms with van der Waals surface area (Å²) in [5.74, 6) is 0.0921. The van der Waals surface area contributed by atoms with Gasteiger partial charge in [0.15, 0.2) is 6.61 Å². The highest BCUT2D eigenvalue weighted by Gasteiger charge is 2.27. The highest BCUT2D eigenvalue weighted by atomic mass is 35.5. The fourth-order valence-corrected chi connectivity index (χ4v) is 3.52. The molecule has 162 valence electrons. The molecular formula is C23H28Cl2N2O3. The zero-order valence-corrected chi connectivity index (χ0v) is 19.3. The molecule has 0 fully saturated rings. The van der Waals surface area contributed by atoms with Crippen molar-refractivity contribution in [2.24, 2.45) is 0 Å². The van der Waals surface area contributed by atoms with Gasteiger partial charge in [-0.2, -0.15) is 0 Å². The van der Waals surface area contributed by atoms with Gasteiger partial charge in [-0.3, -0.25) is 9.59 Å². The van der Waals surface area contributed by atoms with Crippen molar-refractivity contribution in [2.45, 2.75) is 46.7 Å². The number of benzene rings is 2. The summed E-state index contributed by atoms with van der Waals surface area (Å²) < 4.78 is 5.73. The number of nitrogens with one attached hydrogen (secondary N) is 1. The number of amides is 2. The highest BCUT2D eigenvalue weighted by Crippen LogP contribution is 2.23. The van der Waals surface area contributed by atoms with Gasteiger partial charge < -0.3 is 15.0 Å². The zero-order chi connectivity index (χ0) is 22.3. The van der Waals surface area contributed by atoms with Crippen LogP contribution in [0.15, 0.2) is 36.4 Å². The fourth-order valence-electron chi connectivity index (χ4n) is 3.06. The SMILES string of the molecule is CCCNC(=O)[C@@H](C)N(Cc1ccc(Cl)cc1Cl)C(=O)COc1cc(C)cc(C)c1. The van der Waals surface area contributed by atoms with Crippen LogP contribution in [0.1, 0.15) is 37.0 Å². The number of rotatable bonds is 9. The van der Waals surface area contributed by atoms with Crippen LogP contribution in [0, 0.1) is 13.8 Å². The van der Waals surface area contributed by atoms with E-state index in [0.29, 0.717) is 27.9 Å². The Bertz CT molecular complexity index is 882. The third-order valence-electron chi connectivity index (χ3n) is 4.63. The minimum absolute atomic E-state index is 0.172. The lowest BCUT2D eigenvalue weighted by molar-refractivity contribution is -0.142. The van der Waals surface area contributed by atoms with Crippen LogP contribution in [0.2, 0.25) is 10.0 Å². The first-order chi connectivity index (χ1) is 14.2. The number of hydrogen-bond acceptors (Lipinski definition) is 3. The van der Waals surface area contributed by atoms with Gasteiger partial charge in [0.25, 0.3) is 5.91 Å². The molecule has 2 aromatic carbocycles. The number of hydrogen-bond donors (Lipinski definition) is 1. The van der Waals surface area contributed by atoms with Gasteiger partial charge in [0, 0.05) is 23.1 Å². The molecule has 7 heteroatoms. The summed E-state index contributed by atoms with van der Waals surface area (Å²) in [6.45, 7) is 8.15. The number of ether oxygens (including phenoxy) is 1. The molecule has 0 radical (unpaired) electrons. The maximum atomic E-state index is 13.0. The lowest BCUT2D eigenvalue weighted by Gasteiger charge is -2.29. The molecule has 5 nitrogen and oxygen atoms in total. The second kappa shape index (κ2) is 11.2. The molecule has 1 atom stereocenters. The van der Waals surface area contributed by atoms with Gasteiger partial charge in [-0.1, -0.05) is 42.3 Å². The van der Waals surface area contributed by atoms with Crippen LogP contribution in [-0.4, -0.2) is 35.9 Å². The van der Waals surface area contributed by atoms with Crippen LogP contribution >= 0.6 is 23.2 Å². The number of carbonyl (C=O) groups is 2. The van der Waals surface area contributed by atoms with Crippen molar-refractivity contribution in [2.75, 3.05) is 13.2 Å². The molecule has 2 amide bonds. The molecule has 2 rings (SSSR count). The number of nitrogens with zero attached hydrogens (tertiary/aromatic N) is 1. The summed E-state index contributed by atoms with van der Waals surface area (Å²) in [5, 5.41) is 3.79. The summed E-state index contributed by atoms with van der Waals surface area (Å²) in [7, 11) is 0. The molecule has 0 aromatic heterocycles. The van der Waals surface area contributed by atoms with Crippen molar-refractivity contribution in [3.63, 3.8) is 0 Å². The lowest BCUT2D eigenvalue weighted by Crippen LogP contribution is -2.49. The molecule has 0 bridgehead atoms. The van der Waals surface area contributed by atoms with E-state index in [1.165, 1.54) is 4.90 Å². The molecule has 0 unspecified atom stereocenters. The maximum absolute atomic E-state index is 13.0. The topological polar surface area (TPSA) is 58.6 Å². The second-order valence-corrected chi connectivity index (χ2v) is 8.18. The van der Waals surface area contributed by atoms with Crippen molar-refractivity contribution in [3.8, 4) is 5.75 Å². The van der Waals surface area contributed by atoms with Crippen LogP contribution in [0.4, 0.5) is 0 Å². The van der Waals surface area contributed by atoms with Gasteiger partial charge in [0.2, 0.25) is 5.91 Å². The Morgan fingerprint density at radius 3 is 2.37 bits per heavy atom. The Morgan fingerprint density at radius 1 is 1.10 bits per heavy atom. The maximum Gasteiger partial charge on any atom is 0.261 e. The first kappa shape index (κ1) is 24.0. The van der Waals surface area contributed by atoms with E-state index in [1.807, 2.05) is 39.0 Å². The number of carbonyl (C=O) groups excluding carboxylic acids is 2. The van der Waals surface area contributed by atoms with Gasteiger partial charge in [0.1, 0.15) is 11.8 Å². The molecule has 0 saturated heterocycles. The molecule has 0 aliphatic rings. The normalized spacial score (nSPS) is 11.7. The Kier molecular flexibility index (Phi) is 9.00. The van der Waals surface area contributed by atoms with Crippen LogP contribution in [-0.2, 0) is 16.1 Å². The van der Waals surface area contributed by atoms with Crippen LogP contribution in [0.3, 0.4) is 0 Å². The minimum Gasteiger partial charge on any atom is -0.484 e. The van der Waals surface area contributed by atoms with Crippen molar-refractivity contribution >= 4 is 35.0 Å². The summed E-state index contributed by atoms with van der Waals surface area (Å²) in [5.41, 5.74) is 2.81. The van der Waals surface area contributed by atoms with Crippen molar-refractivity contribution in [3.05, 3.63) is 63.1 Å². The average Bonchev–Trinajstić information content (AvgIpc) is 2.68. The third kappa shape index (κ3) is 6.92. The largest absolute Gasteiger partial charge is 0.484 e. The first-order valence-corrected chi connectivity index (χ1v) is 10.7. The summed E-state index contributed by atoms with van der Waals surface area (Å²) >= 11 is 12.3. The number of halogens is 2. The van der Waals surface area contributed by atoms with Gasteiger partial charge in [0.05, 0.1) is 0 Å². The highest BCUT2D eigenvalue weighted by molar-refractivity contribution is 6.35. The molecule has 0 saturated carbocycles. The zero-order valence-electron chi connectivity index (χ0n) is 17.8. The van der Waals surface area contributed by atoms with E-state index in [9.17, 15) is 9.59 Å². The van der Waals surface area contributed by atoms with Crippen LogP contribution in [0.5, 0.6) is 5.75 Å². The quantitative estimate of drug-likeness (QED) is 0.588. The molecule has 2 aromatic rings. The average molecular weight is 451 g/mol. The summed E-state index contributed by atoms with van der Waals surface area (Å²) in [6.07, 6.45) is 0.811. The molecule has 0 aliphatic carbocycles. The predicted octanol–water partition coefficient (Wildman–Crippen LogP) is 4.93. The van der Waals surface area contributed by atoms with Crippen LogP contribution < -0.4 is 10.1 Å². The van der Waals surface area contributed by atoms with E-state index in [-0.39, 0.29) is 25.0 Å². The molecule has 1 N–H and O–H groups in total. The van der Waals surface area contributed by atoms with E-state index in [2.05, 4.69) is 5.32 Å². The van der Waals surface area contributed by atoms with Gasteiger partial charge in [-0.05, 0) is 68.1 Å². The van der Waals surface area contributed by atoms with E-state index >= 15 is 0 Å². The van der Waals surface area contributed by atoms with Gasteiger partial charge >= 0.3 is 0 Å². The van der Waals surface area contributed by atoms with Crippen LogP contribution in [0.25, 0.3) is 0 Å². The van der Waals surface area contributed by atoms with E-state index in [1.54, 1.807) is 25.1 Å². The third-order valence-corrected chi connectivity index (χ3v) is 5.22. The smallest absolute Gasteiger partial charge is 0.261 e. The lowest BCUT2D eigenvalue weighted by atomic mass is 10.1. The van der Waals surface area contributed by atoms with Crippen molar-refractivity contribution in [1.29, 1.82) is 0 Å². The molecule has 0 aliphatic heterocycles. The Balaban J connectivity index is 2.19. The van der Waals surface area contributed by atoms with Crippen molar-refractivity contribution in [1.82, 2.24) is 10.2 Å². The van der Waals surface area contributed by atoms with Gasteiger partial charge in [-0.15, -0.1) is 0 Å². The molecule has 0 spiro atoms. The standard InChI is InChI=1S/C23H28Cl2N2O3/c1-5-8-26-23(29)17(4)27(13-18-6-7-19(24)12-21(18)25)22(28)14-30-20-10-15(2)9-16(3)11-20/h6-7,9-12,17H,5,8,13-14H2,1-4H3,(H,26,29)/t17-/m1/s1. The monoisotopic (exact) mass is 450 g/mol. The molecule has 0 heterocycles. The Labute approximate surface area is 188 Å². The van der Waals surface area contributed by atoms with Crippen molar-refractivity contribution < 1.29 is 14.3 Å². The van der Waals surface area contributed by atoms with E-state index in [4.69, 9.17) is 27.9 Å². The summed E-state index contributed by atoms with van der Waals surface area (Å²) in [6, 6.07) is 10.2. The van der Waals surface area contributed by atoms with E-state index < -0.39 is 6.04 Å². The molecule has 30 heavy (non-hydrogen) atoms. The fraction of sp³-hybridized carbons (Fsp3) is 0.391. The predicted molar refractivity (Wildman–Crippen MR) is 121 cm³/mol. The Hall–Kier alpha value is -2.24. The Morgan fingerprint density at radius 2 is 1.77 bits per heavy atom. The van der Waals surface area contributed by atoms with E-state index in [0.717, 1.165) is 17.5 Å². The summed E-state index contributed by atoms with van der Waals surface area (Å²) in [4.78, 5) is 27.1. The molecular weight excluding hydrogens is 423 g/mol. The first-order valence-electron chi connectivity index (χ1n) is 9.93. The minimum atomic E-state index is -0.682. The second-order valence-electron chi connectivity index (χ2n) is 7.34. The van der Waals surface area contributed by atoms with Gasteiger partial charge in [-0.25, -0.2) is 0 Å². The number of aryl methyl sites for hydroxylation is 2.